The van der Waals surface area contributed by atoms with Gasteiger partial charge >= 0.3 is 0 Å². The second-order valence-electron chi connectivity index (χ2n) is 6.82. The minimum absolute atomic E-state index is 0.525. The molecule has 29 heavy (non-hydrogen) atoms. The van der Waals surface area contributed by atoms with Gasteiger partial charge in [-0.15, -0.1) is 0 Å². The fraction of sp³-hybridized carbons (Fsp3) is 0.304. The van der Waals surface area contributed by atoms with Crippen LogP contribution in [0.5, 0.6) is 5.75 Å². The second kappa shape index (κ2) is 9.78. The number of aromatic nitrogens is 1. The van der Waals surface area contributed by atoms with E-state index in [1.165, 1.54) is 5.56 Å². The van der Waals surface area contributed by atoms with E-state index >= 15 is 0 Å². The molecule has 0 aliphatic rings. The predicted molar refractivity (Wildman–Crippen MR) is 116 cm³/mol. The molecule has 1 heterocycles. The minimum atomic E-state index is 0.525. The summed E-state index contributed by atoms with van der Waals surface area (Å²) in [6.07, 6.45) is 1.67. The molecule has 0 aliphatic heterocycles. The summed E-state index contributed by atoms with van der Waals surface area (Å²) in [4.78, 5) is 8.82. The van der Waals surface area contributed by atoms with Gasteiger partial charge in [0, 0.05) is 19.2 Å². The van der Waals surface area contributed by atoms with Crippen LogP contribution in [0.1, 0.15) is 29.3 Å². The van der Waals surface area contributed by atoms with E-state index in [-0.39, 0.29) is 0 Å². The topological polar surface area (TPSA) is 71.7 Å². The first-order valence-electron chi connectivity index (χ1n) is 9.77. The number of hydrogen-bond donors (Lipinski definition) is 2. The maximum atomic E-state index is 5.61. The van der Waals surface area contributed by atoms with Crippen molar-refractivity contribution in [1.29, 1.82) is 0 Å². The first kappa shape index (κ1) is 20.5. The number of oxazole rings is 1. The summed E-state index contributed by atoms with van der Waals surface area (Å²) in [5.41, 5.74) is 5.28. The highest BCUT2D eigenvalue weighted by molar-refractivity contribution is 5.79. The molecule has 0 aliphatic carbocycles. The average Bonchev–Trinajstić information content (AvgIpc) is 3.20. The van der Waals surface area contributed by atoms with Gasteiger partial charge in [0.05, 0.1) is 18.8 Å². The molecule has 152 valence electrons. The Morgan fingerprint density at radius 3 is 2.52 bits per heavy atom. The van der Waals surface area contributed by atoms with Crippen LogP contribution in [-0.4, -0.2) is 24.6 Å². The molecule has 1 aromatic heterocycles. The Balaban J connectivity index is 1.53. The summed E-state index contributed by atoms with van der Waals surface area (Å²) in [6.45, 7) is 7.96. The SMILES string of the molecule is CCOc1ccc(CNC(=NC)NCc2coc(-c3ccc(C)cc3)n2)cc1C. The van der Waals surface area contributed by atoms with E-state index in [2.05, 4.69) is 46.6 Å². The molecule has 2 N–H and O–H groups in total. The van der Waals surface area contributed by atoms with Gasteiger partial charge in [0.25, 0.3) is 0 Å². The first-order chi connectivity index (χ1) is 14.1. The van der Waals surface area contributed by atoms with E-state index in [4.69, 9.17) is 9.15 Å². The van der Waals surface area contributed by atoms with Crippen LogP contribution >= 0.6 is 0 Å². The highest BCUT2D eigenvalue weighted by atomic mass is 16.5. The molecule has 0 atom stereocenters. The molecule has 0 radical (unpaired) electrons. The Hall–Kier alpha value is -3.28. The lowest BCUT2D eigenvalue weighted by atomic mass is 10.1. The Morgan fingerprint density at radius 1 is 1.07 bits per heavy atom. The molecule has 0 unspecified atom stereocenters. The fourth-order valence-electron chi connectivity index (χ4n) is 2.94. The second-order valence-corrected chi connectivity index (χ2v) is 6.82. The normalized spacial score (nSPS) is 11.4. The monoisotopic (exact) mass is 392 g/mol. The molecule has 0 spiro atoms. The van der Waals surface area contributed by atoms with Crippen LogP contribution in [0.2, 0.25) is 0 Å². The number of guanidine groups is 1. The summed E-state index contributed by atoms with van der Waals surface area (Å²) < 4.78 is 11.2. The van der Waals surface area contributed by atoms with Crippen LogP contribution in [0.4, 0.5) is 0 Å². The number of rotatable bonds is 7. The van der Waals surface area contributed by atoms with Gasteiger partial charge in [-0.25, -0.2) is 4.98 Å². The quantitative estimate of drug-likeness (QED) is 0.465. The van der Waals surface area contributed by atoms with Crippen molar-refractivity contribution in [2.75, 3.05) is 13.7 Å². The Morgan fingerprint density at radius 2 is 1.83 bits per heavy atom. The molecular formula is C23H28N4O2. The van der Waals surface area contributed by atoms with Crippen LogP contribution in [0.15, 0.2) is 58.1 Å². The lowest BCUT2D eigenvalue weighted by Crippen LogP contribution is -2.36. The predicted octanol–water partition coefficient (Wildman–Crippen LogP) is 4.22. The van der Waals surface area contributed by atoms with E-state index in [0.29, 0.717) is 31.5 Å². The molecule has 0 saturated carbocycles. The van der Waals surface area contributed by atoms with Crippen LogP contribution in [0.25, 0.3) is 11.5 Å². The minimum Gasteiger partial charge on any atom is -0.494 e. The van der Waals surface area contributed by atoms with Gasteiger partial charge in [0.1, 0.15) is 12.0 Å². The lowest BCUT2D eigenvalue weighted by molar-refractivity contribution is 0.338. The van der Waals surface area contributed by atoms with Crippen LogP contribution in [0, 0.1) is 13.8 Å². The van der Waals surface area contributed by atoms with Gasteiger partial charge < -0.3 is 19.8 Å². The van der Waals surface area contributed by atoms with E-state index < -0.39 is 0 Å². The van der Waals surface area contributed by atoms with Crippen molar-refractivity contribution in [2.24, 2.45) is 4.99 Å². The average molecular weight is 393 g/mol. The third-order valence-corrected chi connectivity index (χ3v) is 4.51. The highest BCUT2D eigenvalue weighted by Crippen LogP contribution is 2.20. The molecule has 6 heteroatoms. The van der Waals surface area contributed by atoms with Crippen molar-refractivity contribution in [3.63, 3.8) is 0 Å². The van der Waals surface area contributed by atoms with Crippen molar-refractivity contribution < 1.29 is 9.15 Å². The van der Waals surface area contributed by atoms with E-state index in [1.807, 2.05) is 37.3 Å². The molecule has 6 nitrogen and oxygen atoms in total. The summed E-state index contributed by atoms with van der Waals surface area (Å²) in [5, 5.41) is 6.59. The van der Waals surface area contributed by atoms with Crippen LogP contribution in [0.3, 0.4) is 0 Å². The van der Waals surface area contributed by atoms with Crippen molar-refractivity contribution >= 4 is 5.96 Å². The fourth-order valence-corrected chi connectivity index (χ4v) is 2.94. The smallest absolute Gasteiger partial charge is 0.226 e. The molecule has 0 fully saturated rings. The number of aliphatic imine (C=N–C) groups is 1. The van der Waals surface area contributed by atoms with Gasteiger partial charge in [-0.1, -0.05) is 29.8 Å². The number of nitrogens with zero attached hydrogens (tertiary/aromatic N) is 2. The number of ether oxygens (including phenoxy) is 1. The molecule has 0 bridgehead atoms. The third kappa shape index (κ3) is 5.60. The van der Waals surface area contributed by atoms with Crippen molar-refractivity contribution in [1.82, 2.24) is 15.6 Å². The van der Waals surface area contributed by atoms with Crippen LogP contribution < -0.4 is 15.4 Å². The zero-order valence-corrected chi connectivity index (χ0v) is 17.5. The number of nitrogens with one attached hydrogen (secondary N) is 2. The standard InChI is InChI=1S/C23H28N4O2/c1-5-28-21-11-8-18(12-17(21)3)13-25-23(24-4)26-14-20-15-29-22(27-20)19-9-6-16(2)7-10-19/h6-12,15H,5,13-14H2,1-4H3,(H2,24,25,26). The zero-order chi connectivity index (χ0) is 20.6. The first-order valence-corrected chi connectivity index (χ1v) is 9.77. The Kier molecular flexibility index (Phi) is 6.89. The van der Waals surface area contributed by atoms with Crippen LogP contribution in [-0.2, 0) is 13.1 Å². The van der Waals surface area contributed by atoms with Gasteiger partial charge in [0.15, 0.2) is 5.96 Å². The van der Waals surface area contributed by atoms with E-state index in [1.54, 1.807) is 13.3 Å². The molecule has 0 amide bonds. The summed E-state index contributed by atoms with van der Waals surface area (Å²) in [5.74, 6) is 2.25. The summed E-state index contributed by atoms with van der Waals surface area (Å²) in [6, 6.07) is 14.3. The van der Waals surface area contributed by atoms with E-state index in [0.717, 1.165) is 28.1 Å². The van der Waals surface area contributed by atoms with Gasteiger partial charge in [-0.2, -0.15) is 0 Å². The summed E-state index contributed by atoms with van der Waals surface area (Å²) in [7, 11) is 1.75. The van der Waals surface area contributed by atoms with Gasteiger partial charge in [-0.3, -0.25) is 4.99 Å². The molecular weight excluding hydrogens is 364 g/mol. The molecule has 3 aromatic rings. The number of aryl methyl sites for hydroxylation is 2. The lowest BCUT2D eigenvalue weighted by Gasteiger charge is -2.12. The largest absolute Gasteiger partial charge is 0.494 e. The maximum absolute atomic E-state index is 5.61. The third-order valence-electron chi connectivity index (χ3n) is 4.51. The number of hydrogen-bond acceptors (Lipinski definition) is 4. The van der Waals surface area contributed by atoms with E-state index in [9.17, 15) is 0 Å². The maximum Gasteiger partial charge on any atom is 0.226 e. The Labute approximate surface area is 172 Å². The zero-order valence-electron chi connectivity index (χ0n) is 17.5. The molecule has 3 rings (SSSR count). The Bertz CT molecular complexity index is 961. The van der Waals surface area contributed by atoms with Gasteiger partial charge in [0.2, 0.25) is 5.89 Å². The highest BCUT2D eigenvalue weighted by Gasteiger charge is 2.08. The van der Waals surface area contributed by atoms with Crippen molar-refractivity contribution in [3.8, 4) is 17.2 Å². The summed E-state index contributed by atoms with van der Waals surface area (Å²) >= 11 is 0. The molecule has 2 aromatic carbocycles. The van der Waals surface area contributed by atoms with Crippen molar-refractivity contribution in [3.05, 3.63) is 71.1 Å². The number of benzene rings is 2. The van der Waals surface area contributed by atoms with Crippen molar-refractivity contribution in [2.45, 2.75) is 33.9 Å². The van der Waals surface area contributed by atoms with Gasteiger partial charge in [-0.05, 0) is 50.1 Å². The molecule has 0 saturated heterocycles.